The van der Waals surface area contributed by atoms with Gasteiger partial charge in [-0.25, -0.2) is 0 Å². The van der Waals surface area contributed by atoms with Gasteiger partial charge in [0.1, 0.15) is 0 Å². The number of hydrogen-bond acceptors (Lipinski definition) is 3. The summed E-state index contributed by atoms with van der Waals surface area (Å²) < 4.78 is 6.52. The second kappa shape index (κ2) is 6.52. The molecule has 0 atom stereocenters. The van der Waals surface area contributed by atoms with E-state index < -0.39 is 5.41 Å². The highest BCUT2D eigenvalue weighted by Crippen LogP contribution is 2.38. The first kappa shape index (κ1) is 15.7. The molecule has 1 N–H and O–H groups in total. The van der Waals surface area contributed by atoms with Crippen LogP contribution in [-0.4, -0.2) is 19.1 Å². The molecule has 5 heteroatoms. The smallest absolute Gasteiger partial charge is 0.236 e. The molecule has 0 unspecified atom stereocenters. The van der Waals surface area contributed by atoms with Gasteiger partial charge in [0.05, 0.1) is 5.41 Å². The summed E-state index contributed by atoms with van der Waals surface area (Å²) in [5, 5.41) is 5.13. The van der Waals surface area contributed by atoms with Crippen molar-refractivity contribution in [1.29, 1.82) is 0 Å². The second-order valence-corrected chi connectivity index (χ2v) is 7.39. The Morgan fingerprint density at radius 3 is 2.73 bits per heavy atom. The molecule has 0 saturated carbocycles. The molecule has 0 bridgehead atoms. The Morgan fingerprint density at radius 1 is 1.32 bits per heavy atom. The van der Waals surface area contributed by atoms with Crippen LogP contribution in [0.1, 0.15) is 23.3 Å². The Kier molecular flexibility index (Phi) is 4.66. The molecule has 1 aliphatic heterocycles. The molecule has 1 saturated heterocycles. The van der Waals surface area contributed by atoms with Crippen molar-refractivity contribution in [2.45, 2.75) is 25.2 Å². The third-order valence-corrected chi connectivity index (χ3v) is 6.15. The molecule has 22 heavy (non-hydrogen) atoms. The van der Waals surface area contributed by atoms with Crippen LogP contribution in [0.4, 0.5) is 5.69 Å². The van der Waals surface area contributed by atoms with Crippen LogP contribution in [0.2, 0.25) is 0 Å². The number of carbonyl (C=O) groups excluding carboxylic acids is 1. The van der Waals surface area contributed by atoms with Gasteiger partial charge in [-0.2, -0.15) is 0 Å². The lowest BCUT2D eigenvalue weighted by Crippen LogP contribution is -2.44. The minimum Gasteiger partial charge on any atom is -0.381 e. The predicted molar refractivity (Wildman–Crippen MR) is 93.6 cm³/mol. The lowest BCUT2D eigenvalue weighted by Gasteiger charge is -2.35. The number of anilines is 1. The summed E-state index contributed by atoms with van der Waals surface area (Å²) in [6, 6.07) is 9.95. The minimum atomic E-state index is -0.465. The van der Waals surface area contributed by atoms with E-state index in [1.807, 2.05) is 36.6 Å². The van der Waals surface area contributed by atoms with Crippen molar-refractivity contribution < 1.29 is 9.53 Å². The molecule has 116 valence electrons. The zero-order valence-corrected chi connectivity index (χ0v) is 14.8. The summed E-state index contributed by atoms with van der Waals surface area (Å²) in [6.07, 6.45) is 1.46. The van der Waals surface area contributed by atoms with Crippen LogP contribution < -0.4 is 5.32 Å². The van der Waals surface area contributed by atoms with Gasteiger partial charge >= 0.3 is 0 Å². The second-order valence-electron chi connectivity index (χ2n) is 5.59. The van der Waals surface area contributed by atoms with E-state index in [2.05, 4.69) is 27.3 Å². The first-order valence-electron chi connectivity index (χ1n) is 7.31. The van der Waals surface area contributed by atoms with E-state index >= 15 is 0 Å². The number of rotatable bonds is 3. The molecule has 1 amide bonds. The number of amides is 1. The molecular formula is C17H18BrNO2S. The molecule has 1 fully saturated rings. The Hall–Kier alpha value is -1.17. The zero-order valence-electron chi connectivity index (χ0n) is 12.4. The van der Waals surface area contributed by atoms with Gasteiger partial charge in [0.2, 0.25) is 5.91 Å². The lowest BCUT2D eigenvalue weighted by molar-refractivity contribution is -0.125. The molecule has 3 rings (SSSR count). The average molecular weight is 380 g/mol. The van der Waals surface area contributed by atoms with Gasteiger partial charge in [-0.15, -0.1) is 11.3 Å². The molecule has 2 aromatic rings. The van der Waals surface area contributed by atoms with Crippen LogP contribution in [-0.2, 0) is 14.9 Å². The highest BCUT2D eigenvalue weighted by molar-refractivity contribution is 9.10. The highest BCUT2D eigenvalue weighted by Gasteiger charge is 2.42. The van der Waals surface area contributed by atoms with Crippen LogP contribution in [0, 0.1) is 6.92 Å². The van der Waals surface area contributed by atoms with Gasteiger partial charge in [0.15, 0.2) is 0 Å². The molecule has 0 spiro atoms. The fourth-order valence-corrected chi connectivity index (χ4v) is 4.06. The summed E-state index contributed by atoms with van der Waals surface area (Å²) in [5.74, 6) is 0.0694. The van der Waals surface area contributed by atoms with Crippen LogP contribution in [0.15, 0.2) is 40.2 Å². The Labute approximate surface area is 142 Å². The van der Waals surface area contributed by atoms with Gasteiger partial charge in [0, 0.05) is 28.3 Å². The summed E-state index contributed by atoms with van der Waals surface area (Å²) in [6.45, 7) is 3.28. The predicted octanol–water partition coefficient (Wildman–Crippen LogP) is 4.51. The van der Waals surface area contributed by atoms with Gasteiger partial charge in [0.25, 0.3) is 0 Å². The van der Waals surface area contributed by atoms with Crippen LogP contribution in [0.25, 0.3) is 0 Å². The number of thiophene rings is 1. The number of benzene rings is 1. The van der Waals surface area contributed by atoms with Crippen LogP contribution in [0.3, 0.4) is 0 Å². The topological polar surface area (TPSA) is 38.3 Å². The largest absolute Gasteiger partial charge is 0.381 e. The van der Waals surface area contributed by atoms with Crippen molar-refractivity contribution in [2.75, 3.05) is 18.5 Å². The maximum absolute atomic E-state index is 13.0. The van der Waals surface area contributed by atoms with E-state index in [4.69, 9.17) is 4.74 Å². The molecule has 1 aromatic carbocycles. The first-order chi connectivity index (χ1) is 10.6. The van der Waals surface area contributed by atoms with Crippen molar-refractivity contribution >= 4 is 38.9 Å². The highest BCUT2D eigenvalue weighted by atomic mass is 79.9. The monoisotopic (exact) mass is 379 g/mol. The van der Waals surface area contributed by atoms with Gasteiger partial charge in [-0.3, -0.25) is 4.79 Å². The fraction of sp³-hybridized carbons (Fsp3) is 0.353. The van der Waals surface area contributed by atoms with E-state index in [9.17, 15) is 4.79 Å². The van der Waals surface area contributed by atoms with E-state index in [1.54, 1.807) is 11.3 Å². The van der Waals surface area contributed by atoms with Crippen LogP contribution in [0.5, 0.6) is 0 Å². The quantitative estimate of drug-likeness (QED) is 0.851. The number of nitrogens with one attached hydrogen (secondary N) is 1. The Balaban J connectivity index is 1.88. The number of carbonyl (C=O) groups is 1. The number of halogens is 1. The number of ether oxygens (including phenoxy) is 1. The molecule has 1 aliphatic rings. The van der Waals surface area contributed by atoms with Crippen molar-refractivity contribution in [3.63, 3.8) is 0 Å². The average Bonchev–Trinajstić information content (AvgIpc) is 3.06. The van der Waals surface area contributed by atoms with Crippen molar-refractivity contribution in [3.05, 3.63) is 50.6 Å². The van der Waals surface area contributed by atoms with Crippen molar-refractivity contribution in [1.82, 2.24) is 0 Å². The summed E-state index contributed by atoms with van der Waals surface area (Å²) >= 11 is 5.14. The zero-order chi connectivity index (χ0) is 15.6. The van der Waals surface area contributed by atoms with Gasteiger partial charge < -0.3 is 10.1 Å². The molecule has 1 aromatic heterocycles. The van der Waals surface area contributed by atoms with E-state index in [0.717, 1.165) is 33.4 Å². The summed E-state index contributed by atoms with van der Waals surface area (Å²) in [7, 11) is 0. The summed E-state index contributed by atoms with van der Waals surface area (Å²) in [5.41, 5.74) is 1.48. The summed E-state index contributed by atoms with van der Waals surface area (Å²) in [4.78, 5) is 14.1. The van der Waals surface area contributed by atoms with Crippen molar-refractivity contribution in [3.8, 4) is 0 Å². The Morgan fingerprint density at radius 2 is 2.09 bits per heavy atom. The molecule has 3 nitrogen and oxygen atoms in total. The molecule has 0 radical (unpaired) electrons. The van der Waals surface area contributed by atoms with E-state index in [0.29, 0.717) is 13.2 Å². The SMILES string of the molecule is Cc1cc(NC(=O)C2(c3cccs3)CCOCC2)ccc1Br. The minimum absolute atomic E-state index is 0.0694. The van der Waals surface area contributed by atoms with E-state index in [-0.39, 0.29) is 5.91 Å². The Bertz CT molecular complexity index is 663. The molecule has 0 aliphatic carbocycles. The van der Waals surface area contributed by atoms with Gasteiger partial charge in [-0.05, 0) is 55.0 Å². The van der Waals surface area contributed by atoms with Crippen LogP contribution >= 0.6 is 27.3 Å². The normalized spacial score (nSPS) is 17.2. The maximum atomic E-state index is 13.0. The number of aryl methyl sites for hydroxylation is 1. The molecule has 2 heterocycles. The van der Waals surface area contributed by atoms with Gasteiger partial charge in [-0.1, -0.05) is 22.0 Å². The van der Waals surface area contributed by atoms with E-state index in [1.165, 1.54) is 0 Å². The van der Waals surface area contributed by atoms with Crippen molar-refractivity contribution in [2.24, 2.45) is 0 Å². The number of hydrogen-bond donors (Lipinski definition) is 1. The maximum Gasteiger partial charge on any atom is 0.236 e. The fourth-order valence-electron chi connectivity index (χ4n) is 2.83. The third kappa shape index (κ3) is 2.98. The lowest BCUT2D eigenvalue weighted by atomic mass is 9.78. The first-order valence-corrected chi connectivity index (χ1v) is 8.98. The third-order valence-electron chi connectivity index (χ3n) is 4.19. The standard InChI is InChI=1S/C17H18BrNO2S/c1-12-11-13(4-5-14(12)18)19-16(20)17(6-8-21-9-7-17)15-3-2-10-22-15/h2-5,10-11H,6-9H2,1H3,(H,19,20). The molecular weight excluding hydrogens is 362 g/mol.